The second-order valence-corrected chi connectivity index (χ2v) is 4.21. The Hall–Kier alpha value is -2.32. The molecule has 0 aromatic carbocycles. The summed E-state index contributed by atoms with van der Waals surface area (Å²) in [6, 6.07) is -0.899. The van der Waals surface area contributed by atoms with Gasteiger partial charge in [-0.2, -0.15) is 0 Å². The molecule has 0 bridgehead atoms. The highest BCUT2D eigenvalue weighted by molar-refractivity contribution is 5.90. The zero-order valence-corrected chi connectivity index (χ0v) is 10.8. The summed E-state index contributed by atoms with van der Waals surface area (Å²) in [5.74, 6) is -2.92. The van der Waals surface area contributed by atoms with Crippen LogP contribution in [-0.4, -0.2) is 52.4 Å². The molecule has 0 heterocycles. The average molecular weight is 274 g/mol. The number of primary amides is 2. The molecule has 0 aromatic rings. The molecule has 108 valence electrons. The summed E-state index contributed by atoms with van der Waals surface area (Å²) in [6.07, 6.45) is 0.120. The summed E-state index contributed by atoms with van der Waals surface area (Å²) in [6.45, 7) is 1.81. The van der Waals surface area contributed by atoms with Crippen LogP contribution in [0.4, 0.5) is 4.79 Å². The fraction of sp³-hybridized carbons (Fsp3) is 0.600. The monoisotopic (exact) mass is 274 g/mol. The van der Waals surface area contributed by atoms with Crippen molar-refractivity contribution in [1.82, 2.24) is 10.2 Å². The van der Waals surface area contributed by atoms with Crippen LogP contribution >= 0.6 is 0 Å². The number of carboxylic acid groups (broad SMARTS) is 1. The van der Waals surface area contributed by atoms with Crippen LogP contribution in [0.2, 0.25) is 0 Å². The van der Waals surface area contributed by atoms with Gasteiger partial charge >= 0.3 is 12.0 Å². The molecule has 0 aliphatic carbocycles. The summed E-state index contributed by atoms with van der Waals surface area (Å²) in [7, 11) is 0. The number of aliphatic carboxylic acids is 1. The molecule has 0 saturated carbocycles. The van der Waals surface area contributed by atoms with Gasteiger partial charge in [0.2, 0.25) is 11.8 Å². The number of carbonyl (C=O) groups is 4. The number of urea groups is 1. The maximum absolute atomic E-state index is 11.8. The lowest BCUT2D eigenvalue weighted by Gasteiger charge is -2.28. The van der Waals surface area contributed by atoms with Crippen LogP contribution in [0.3, 0.4) is 0 Å². The van der Waals surface area contributed by atoms with Crippen LogP contribution in [0.5, 0.6) is 0 Å². The first-order valence-electron chi connectivity index (χ1n) is 5.49. The van der Waals surface area contributed by atoms with Gasteiger partial charge in [0.1, 0.15) is 18.6 Å². The third-order valence-corrected chi connectivity index (χ3v) is 2.54. The Balaban J connectivity index is 4.94. The van der Waals surface area contributed by atoms with Crippen molar-refractivity contribution < 1.29 is 24.3 Å². The Morgan fingerprint density at radius 3 is 1.84 bits per heavy atom. The number of rotatable bonds is 7. The van der Waals surface area contributed by atoms with Crippen LogP contribution in [-0.2, 0) is 14.4 Å². The third kappa shape index (κ3) is 5.23. The second-order valence-electron chi connectivity index (χ2n) is 4.21. The van der Waals surface area contributed by atoms with Crippen LogP contribution in [0.25, 0.3) is 0 Å². The molecule has 4 amide bonds. The summed E-state index contributed by atoms with van der Waals surface area (Å²) < 4.78 is 0. The van der Waals surface area contributed by atoms with Gasteiger partial charge in [0.25, 0.3) is 0 Å². The number of hydrogen-bond acceptors (Lipinski definition) is 4. The van der Waals surface area contributed by atoms with Crippen molar-refractivity contribution in [2.45, 2.75) is 25.8 Å². The molecule has 19 heavy (non-hydrogen) atoms. The van der Waals surface area contributed by atoms with E-state index in [1.165, 1.54) is 6.92 Å². The van der Waals surface area contributed by atoms with Crippen LogP contribution in [0.1, 0.15) is 20.3 Å². The van der Waals surface area contributed by atoms with Gasteiger partial charge in [-0.05, 0) is 13.3 Å². The Kier molecular flexibility index (Phi) is 5.77. The Bertz CT molecular complexity index is 381. The standard InChI is InChI=1S/C10H18N4O5/c1-3-10(2,8(17)18)13-9(19)14(4-6(11)15)5-7(12)16/h3-5H2,1-2H3,(H2,11,15)(H2,12,16)(H,13,19)(H,17,18). The van der Waals surface area contributed by atoms with Gasteiger partial charge in [0.05, 0.1) is 0 Å². The molecule has 0 rings (SSSR count). The van der Waals surface area contributed by atoms with E-state index in [0.717, 1.165) is 4.90 Å². The minimum atomic E-state index is -1.51. The first kappa shape index (κ1) is 16.7. The van der Waals surface area contributed by atoms with Crippen molar-refractivity contribution in [3.63, 3.8) is 0 Å². The first-order valence-corrected chi connectivity index (χ1v) is 5.49. The summed E-state index contributed by atoms with van der Waals surface area (Å²) in [5.41, 5.74) is 8.36. The maximum atomic E-state index is 11.8. The molecule has 0 aromatic heterocycles. The van der Waals surface area contributed by atoms with Gasteiger partial charge in [-0.1, -0.05) is 6.92 Å². The fourth-order valence-corrected chi connectivity index (χ4v) is 1.18. The third-order valence-electron chi connectivity index (χ3n) is 2.54. The molecule has 9 heteroatoms. The van der Waals surface area contributed by atoms with Crippen molar-refractivity contribution in [1.29, 1.82) is 0 Å². The SMILES string of the molecule is CCC(C)(NC(=O)N(CC(N)=O)CC(N)=O)C(=O)O. The minimum Gasteiger partial charge on any atom is -0.480 e. The summed E-state index contributed by atoms with van der Waals surface area (Å²) >= 11 is 0. The van der Waals surface area contributed by atoms with E-state index in [9.17, 15) is 19.2 Å². The molecule has 0 aliphatic heterocycles. The average Bonchev–Trinajstić information content (AvgIpc) is 2.26. The molecule has 0 fully saturated rings. The highest BCUT2D eigenvalue weighted by Crippen LogP contribution is 2.10. The van der Waals surface area contributed by atoms with Gasteiger partial charge in [-0.15, -0.1) is 0 Å². The van der Waals surface area contributed by atoms with Crippen LogP contribution in [0, 0.1) is 0 Å². The van der Waals surface area contributed by atoms with Gasteiger partial charge < -0.3 is 26.8 Å². The molecular weight excluding hydrogens is 256 g/mol. The highest BCUT2D eigenvalue weighted by atomic mass is 16.4. The minimum absolute atomic E-state index is 0.120. The molecule has 0 saturated heterocycles. The number of nitrogens with two attached hydrogens (primary N) is 2. The molecule has 0 aliphatic rings. The molecule has 0 spiro atoms. The zero-order valence-electron chi connectivity index (χ0n) is 10.8. The number of nitrogens with one attached hydrogen (secondary N) is 1. The Morgan fingerprint density at radius 1 is 1.16 bits per heavy atom. The number of carbonyl (C=O) groups excluding carboxylic acids is 3. The smallest absolute Gasteiger partial charge is 0.329 e. The van der Waals surface area contributed by atoms with Gasteiger partial charge in [0.15, 0.2) is 0 Å². The van der Waals surface area contributed by atoms with Gasteiger partial charge in [-0.25, -0.2) is 9.59 Å². The zero-order chi connectivity index (χ0) is 15.2. The second kappa shape index (κ2) is 6.57. The van der Waals surface area contributed by atoms with E-state index in [2.05, 4.69) is 5.32 Å². The number of amides is 4. The van der Waals surface area contributed by atoms with E-state index in [1.54, 1.807) is 6.92 Å². The number of nitrogens with zero attached hydrogens (tertiary/aromatic N) is 1. The van der Waals surface area contributed by atoms with E-state index in [4.69, 9.17) is 16.6 Å². The van der Waals surface area contributed by atoms with Gasteiger partial charge in [-0.3, -0.25) is 9.59 Å². The quantitative estimate of drug-likeness (QED) is 0.432. The summed E-state index contributed by atoms with van der Waals surface area (Å²) in [5, 5.41) is 11.2. The fourth-order valence-electron chi connectivity index (χ4n) is 1.18. The van der Waals surface area contributed by atoms with Crippen molar-refractivity contribution in [2.24, 2.45) is 11.5 Å². The lowest BCUT2D eigenvalue weighted by atomic mass is 10.00. The topological polar surface area (TPSA) is 156 Å². The van der Waals surface area contributed by atoms with E-state index in [-0.39, 0.29) is 6.42 Å². The normalized spacial score (nSPS) is 13.2. The lowest BCUT2D eigenvalue weighted by molar-refractivity contribution is -0.143. The predicted octanol–water partition coefficient (Wildman–Crippen LogP) is -1.78. The molecule has 6 N–H and O–H groups in total. The number of carboxylic acids is 1. The van der Waals surface area contributed by atoms with Crippen molar-refractivity contribution >= 4 is 23.8 Å². The molecular formula is C10H18N4O5. The van der Waals surface area contributed by atoms with Crippen molar-refractivity contribution in [3.8, 4) is 0 Å². The van der Waals surface area contributed by atoms with Crippen LogP contribution in [0.15, 0.2) is 0 Å². The van der Waals surface area contributed by atoms with E-state index in [0.29, 0.717) is 0 Å². The Morgan fingerprint density at radius 2 is 1.58 bits per heavy atom. The highest BCUT2D eigenvalue weighted by Gasteiger charge is 2.34. The molecule has 9 nitrogen and oxygen atoms in total. The van der Waals surface area contributed by atoms with Crippen LogP contribution < -0.4 is 16.8 Å². The molecule has 0 radical (unpaired) electrons. The lowest BCUT2D eigenvalue weighted by Crippen LogP contribution is -2.57. The van der Waals surface area contributed by atoms with E-state index < -0.39 is 42.4 Å². The van der Waals surface area contributed by atoms with E-state index >= 15 is 0 Å². The molecule has 1 unspecified atom stereocenters. The predicted molar refractivity (Wildman–Crippen MR) is 64.8 cm³/mol. The first-order chi connectivity index (χ1) is 8.62. The Labute approximate surface area is 109 Å². The largest absolute Gasteiger partial charge is 0.480 e. The van der Waals surface area contributed by atoms with E-state index in [1.807, 2.05) is 0 Å². The number of hydrogen-bond donors (Lipinski definition) is 4. The maximum Gasteiger partial charge on any atom is 0.329 e. The van der Waals surface area contributed by atoms with Gasteiger partial charge in [0, 0.05) is 0 Å². The molecule has 1 atom stereocenters. The van der Waals surface area contributed by atoms with Crippen molar-refractivity contribution in [2.75, 3.05) is 13.1 Å². The van der Waals surface area contributed by atoms with Crippen molar-refractivity contribution in [3.05, 3.63) is 0 Å². The summed E-state index contributed by atoms with van der Waals surface area (Å²) in [4.78, 5) is 45.2.